The summed E-state index contributed by atoms with van der Waals surface area (Å²) in [7, 11) is 3.52. The van der Waals surface area contributed by atoms with E-state index in [0.717, 1.165) is 37.6 Å². The minimum absolute atomic E-state index is 0.132. The Bertz CT molecular complexity index is 763. The van der Waals surface area contributed by atoms with E-state index in [1.807, 2.05) is 36.1 Å². The van der Waals surface area contributed by atoms with Crippen molar-refractivity contribution in [2.45, 2.75) is 25.8 Å². The molecule has 0 unspecified atom stereocenters. The van der Waals surface area contributed by atoms with Gasteiger partial charge in [0, 0.05) is 52.5 Å². The van der Waals surface area contributed by atoms with E-state index in [1.165, 1.54) is 5.56 Å². The largest absolute Gasteiger partial charge is 0.359 e. The molecule has 1 aliphatic heterocycles. The molecule has 144 valence electrons. The molecule has 1 aliphatic rings. The fraction of sp³-hybridized carbons (Fsp3) is 0.450. The number of nitrogens with one attached hydrogen (secondary N) is 2. The number of aromatic nitrogens is 2. The Morgan fingerprint density at radius 2 is 2.11 bits per heavy atom. The summed E-state index contributed by atoms with van der Waals surface area (Å²) in [4.78, 5) is 18.3. The first-order valence-electron chi connectivity index (χ1n) is 9.44. The van der Waals surface area contributed by atoms with Gasteiger partial charge in [0.05, 0.1) is 5.69 Å². The Labute approximate surface area is 160 Å². The van der Waals surface area contributed by atoms with Gasteiger partial charge in [-0.15, -0.1) is 0 Å². The molecule has 1 aromatic heterocycles. The van der Waals surface area contributed by atoms with Crippen molar-refractivity contribution in [3.05, 3.63) is 48.3 Å². The van der Waals surface area contributed by atoms with Crippen molar-refractivity contribution in [1.29, 1.82) is 0 Å². The maximum absolute atomic E-state index is 11.6. The molecule has 3 rings (SSSR count). The van der Waals surface area contributed by atoms with E-state index in [0.29, 0.717) is 18.9 Å². The summed E-state index contributed by atoms with van der Waals surface area (Å²) in [5.41, 5.74) is 2.22. The summed E-state index contributed by atoms with van der Waals surface area (Å²) >= 11 is 0. The molecule has 0 radical (unpaired) electrons. The Kier molecular flexibility index (Phi) is 6.46. The summed E-state index contributed by atoms with van der Waals surface area (Å²) in [6.07, 6.45) is 6.37. The lowest BCUT2D eigenvalue weighted by molar-refractivity contribution is -0.121. The van der Waals surface area contributed by atoms with E-state index < -0.39 is 0 Å². The van der Waals surface area contributed by atoms with Crippen molar-refractivity contribution in [3.8, 4) is 5.69 Å². The summed E-state index contributed by atoms with van der Waals surface area (Å²) in [6, 6.07) is 10.2. The van der Waals surface area contributed by atoms with Crippen molar-refractivity contribution in [1.82, 2.24) is 25.3 Å². The fourth-order valence-electron chi connectivity index (χ4n) is 3.46. The van der Waals surface area contributed by atoms with Gasteiger partial charge in [0.2, 0.25) is 5.91 Å². The van der Waals surface area contributed by atoms with E-state index in [1.54, 1.807) is 13.2 Å². The summed E-state index contributed by atoms with van der Waals surface area (Å²) in [5, 5.41) is 10.5. The number of benzene rings is 1. The van der Waals surface area contributed by atoms with Gasteiger partial charge in [-0.3, -0.25) is 9.79 Å². The van der Waals surface area contributed by atoms with E-state index in [-0.39, 0.29) is 5.91 Å². The van der Waals surface area contributed by atoms with Gasteiger partial charge in [-0.05, 0) is 42.5 Å². The Morgan fingerprint density at radius 3 is 2.78 bits per heavy atom. The molecule has 1 amide bonds. The van der Waals surface area contributed by atoms with Crippen LogP contribution in [0.2, 0.25) is 0 Å². The summed E-state index contributed by atoms with van der Waals surface area (Å²) in [6.45, 7) is 2.56. The number of nitrogens with zero attached hydrogens (tertiary/aromatic N) is 4. The molecule has 27 heavy (non-hydrogen) atoms. The Balaban J connectivity index is 1.53. The van der Waals surface area contributed by atoms with Crippen molar-refractivity contribution in [2.75, 3.05) is 27.2 Å². The van der Waals surface area contributed by atoms with Crippen molar-refractivity contribution >= 4 is 11.9 Å². The standard InChI is InChI=1S/C20H28N6O/c1-21-19(27)14-16-7-11-25(12-8-16)20(22-2)23-15-17-5-3-6-18(13-17)26-10-4-9-24-26/h3-6,9-10,13,16H,7-8,11-12,14-15H2,1-2H3,(H,21,27)(H,22,23). The molecule has 0 atom stereocenters. The molecular formula is C20H28N6O. The lowest BCUT2D eigenvalue weighted by atomic mass is 9.93. The third-order valence-electron chi connectivity index (χ3n) is 5.01. The highest BCUT2D eigenvalue weighted by Crippen LogP contribution is 2.20. The highest BCUT2D eigenvalue weighted by molar-refractivity contribution is 5.80. The van der Waals surface area contributed by atoms with Gasteiger partial charge in [-0.1, -0.05) is 12.1 Å². The van der Waals surface area contributed by atoms with E-state index >= 15 is 0 Å². The number of carbonyl (C=O) groups is 1. The number of rotatable bonds is 5. The molecule has 0 bridgehead atoms. The summed E-state index contributed by atoms with van der Waals surface area (Å²) < 4.78 is 1.86. The number of likely N-dealkylation sites (tertiary alicyclic amines) is 1. The van der Waals surface area contributed by atoms with Crippen LogP contribution < -0.4 is 10.6 Å². The van der Waals surface area contributed by atoms with Crippen LogP contribution >= 0.6 is 0 Å². The second kappa shape index (κ2) is 9.21. The molecule has 0 saturated carbocycles. The van der Waals surface area contributed by atoms with E-state index in [2.05, 4.69) is 37.8 Å². The molecule has 1 fully saturated rings. The van der Waals surface area contributed by atoms with Crippen LogP contribution in [0, 0.1) is 5.92 Å². The molecule has 2 N–H and O–H groups in total. The number of hydrogen-bond acceptors (Lipinski definition) is 3. The van der Waals surface area contributed by atoms with Crippen LogP contribution in [0.5, 0.6) is 0 Å². The number of piperidine rings is 1. The zero-order valence-corrected chi connectivity index (χ0v) is 16.1. The highest BCUT2D eigenvalue weighted by atomic mass is 16.1. The Morgan fingerprint density at radius 1 is 1.30 bits per heavy atom. The third-order valence-corrected chi connectivity index (χ3v) is 5.01. The number of amides is 1. The molecule has 1 saturated heterocycles. The summed E-state index contributed by atoms with van der Waals surface area (Å²) in [5.74, 6) is 1.51. The van der Waals surface area contributed by atoms with Gasteiger partial charge in [0.25, 0.3) is 0 Å². The van der Waals surface area contributed by atoms with Gasteiger partial charge in [0.15, 0.2) is 5.96 Å². The number of carbonyl (C=O) groups excluding carboxylic acids is 1. The third kappa shape index (κ3) is 5.09. The first kappa shape index (κ1) is 18.9. The van der Waals surface area contributed by atoms with Crippen LogP contribution in [0.1, 0.15) is 24.8 Å². The van der Waals surface area contributed by atoms with Crippen LogP contribution in [-0.2, 0) is 11.3 Å². The van der Waals surface area contributed by atoms with Crippen molar-refractivity contribution < 1.29 is 4.79 Å². The van der Waals surface area contributed by atoms with Gasteiger partial charge in [0.1, 0.15) is 0 Å². The second-order valence-electron chi connectivity index (χ2n) is 6.83. The van der Waals surface area contributed by atoms with Crippen molar-refractivity contribution in [3.63, 3.8) is 0 Å². The normalized spacial score (nSPS) is 15.6. The van der Waals surface area contributed by atoms with Crippen LogP contribution in [0.3, 0.4) is 0 Å². The molecule has 0 aliphatic carbocycles. The van der Waals surface area contributed by atoms with Crippen LogP contribution in [0.4, 0.5) is 0 Å². The minimum Gasteiger partial charge on any atom is -0.359 e. The van der Waals surface area contributed by atoms with Gasteiger partial charge in [-0.25, -0.2) is 4.68 Å². The lowest BCUT2D eigenvalue weighted by Crippen LogP contribution is -2.45. The molecular weight excluding hydrogens is 340 g/mol. The predicted octanol–water partition coefficient (Wildman–Crippen LogP) is 1.80. The van der Waals surface area contributed by atoms with Crippen LogP contribution in [-0.4, -0.2) is 53.7 Å². The van der Waals surface area contributed by atoms with Crippen LogP contribution in [0.25, 0.3) is 5.69 Å². The molecule has 7 heteroatoms. The smallest absolute Gasteiger partial charge is 0.220 e. The quantitative estimate of drug-likeness (QED) is 0.623. The van der Waals surface area contributed by atoms with E-state index in [9.17, 15) is 4.79 Å². The molecule has 7 nitrogen and oxygen atoms in total. The van der Waals surface area contributed by atoms with Crippen LogP contribution in [0.15, 0.2) is 47.7 Å². The maximum Gasteiger partial charge on any atom is 0.220 e. The monoisotopic (exact) mass is 368 g/mol. The second-order valence-corrected chi connectivity index (χ2v) is 6.83. The number of hydrogen-bond donors (Lipinski definition) is 2. The molecule has 2 heterocycles. The molecule has 2 aromatic rings. The van der Waals surface area contributed by atoms with Gasteiger partial charge in [-0.2, -0.15) is 5.10 Å². The topological polar surface area (TPSA) is 74.5 Å². The number of guanidine groups is 1. The fourth-order valence-corrected chi connectivity index (χ4v) is 3.46. The Hall–Kier alpha value is -2.83. The average Bonchev–Trinajstić information content (AvgIpc) is 3.24. The van der Waals surface area contributed by atoms with Gasteiger partial charge < -0.3 is 15.5 Å². The average molecular weight is 368 g/mol. The maximum atomic E-state index is 11.6. The van der Waals surface area contributed by atoms with E-state index in [4.69, 9.17) is 0 Å². The SMILES string of the molecule is CN=C(NCc1cccc(-n2cccn2)c1)N1CCC(CC(=O)NC)CC1. The first-order valence-corrected chi connectivity index (χ1v) is 9.44. The van der Waals surface area contributed by atoms with Crippen molar-refractivity contribution in [2.24, 2.45) is 10.9 Å². The molecule has 0 spiro atoms. The number of aliphatic imine (C=N–C) groups is 1. The zero-order chi connectivity index (χ0) is 19.1. The predicted molar refractivity (Wildman–Crippen MR) is 107 cm³/mol. The minimum atomic E-state index is 0.132. The molecule has 1 aromatic carbocycles. The first-order chi connectivity index (χ1) is 13.2. The lowest BCUT2D eigenvalue weighted by Gasteiger charge is -2.34. The highest BCUT2D eigenvalue weighted by Gasteiger charge is 2.22. The zero-order valence-electron chi connectivity index (χ0n) is 16.1. The van der Waals surface area contributed by atoms with Gasteiger partial charge >= 0.3 is 0 Å².